The molecule has 1 atom stereocenters. The molecule has 2 aromatic carbocycles. The predicted octanol–water partition coefficient (Wildman–Crippen LogP) is 3.87. The molecule has 1 amide bonds. The highest BCUT2D eigenvalue weighted by Gasteiger charge is 2.23. The van der Waals surface area contributed by atoms with Crippen molar-refractivity contribution in [2.45, 2.75) is 32.9 Å². The Morgan fingerprint density at radius 3 is 2.74 bits per heavy atom. The molecule has 5 heteroatoms. The third-order valence-electron chi connectivity index (χ3n) is 5.15. The monoisotopic (exact) mass is 363 g/mol. The number of carbonyl (C=O) groups is 1. The summed E-state index contributed by atoms with van der Waals surface area (Å²) in [5, 5.41) is 0. The van der Waals surface area contributed by atoms with E-state index in [0.717, 1.165) is 42.1 Å². The normalized spacial score (nSPS) is 17.2. The predicted molar refractivity (Wildman–Crippen MR) is 105 cm³/mol. The first-order valence-corrected chi connectivity index (χ1v) is 9.60. The molecule has 0 bridgehead atoms. The summed E-state index contributed by atoms with van der Waals surface area (Å²) in [4.78, 5) is 19.6. The number of rotatable bonds is 5. The first-order valence-electron chi connectivity index (χ1n) is 9.60. The first kappa shape index (κ1) is 17.6. The summed E-state index contributed by atoms with van der Waals surface area (Å²) in [5.74, 6) is 2.31. The zero-order chi connectivity index (χ0) is 18.6. The highest BCUT2D eigenvalue weighted by Crippen LogP contribution is 2.20. The number of ether oxygens (including phenoxy) is 1. The second kappa shape index (κ2) is 7.82. The fourth-order valence-electron chi connectivity index (χ4n) is 3.73. The number of nitrogens with zero attached hydrogens (tertiary/aromatic N) is 3. The number of fused-ring (bicyclic) bond motifs is 1. The number of aromatic nitrogens is 2. The third kappa shape index (κ3) is 3.97. The minimum Gasteiger partial charge on any atom is -0.486 e. The van der Waals surface area contributed by atoms with Gasteiger partial charge in [-0.25, -0.2) is 4.98 Å². The van der Waals surface area contributed by atoms with Gasteiger partial charge in [0.05, 0.1) is 11.0 Å². The van der Waals surface area contributed by atoms with Gasteiger partial charge < -0.3 is 14.2 Å². The Hall–Kier alpha value is -2.82. The SMILES string of the molecule is CC1CCCN(C(=O)Cn2c(COc3ccccc3)nc3ccccc32)C1. The number of imidazole rings is 1. The summed E-state index contributed by atoms with van der Waals surface area (Å²) in [6, 6.07) is 17.6. The molecule has 0 saturated carbocycles. The van der Waals surface area contributed by atoms with Crippen molar-refractivity contribution in [2.75, 3.05) is 13.1 Å². The van der Waals surface area contributed by atoms with Gasteiger partial charge in [0.25, 0.3) is 0 Å². The van der Waals surface area contributed by atoms with Crippen LogP contribution in [-0.4, -0.2) is 33.4 Å². The van der Waals surface area contributed by atoms with Crippen molar-refractivity contribution in [3.05, 3.63) is 60.4 Å². The lowest BCUT2D eigenvalue weighted by molar-refractivity contribution is -0.133. The van der Waals surface area contributed by atoms with Gasteiger partial charge >= 0.3 is 0 Å². The molecule has 2 heterocycles. The molecule has 0 spiro atoms. The summed E-state index contributed by atoms with van der Waals surface area (Å²) in [5.41, 5.74) is 1.87. The smallest absolute Gasteiger partial charge is 0.242 e. The van der Waals surface area contributed by atoms with Gasteiger partial charge in [-0.1, -0.05) is 37.3 Å². The average molecular weight is 363 g/mol. The third-order valence-corrected chi connectivity index (χ3v) is 5.15. The number of likely N-dealkylation sites (tertiary alicyclic amines) is 1. The zero-order valence-corrected chi connectivity index (χ0v) is 15.7. The molecular weight excluding hydrogens is 338 g/mol. The van der Waals surface area contributed by atoms with Crippen molar-refractivity contribution < 1.29 is 9.53 Å². The molecule has 4 rings (SSSR count). The average Bonchev–Trinajstić information content (AvgIpc) is 3.05. The van der Waals surface area contributed by atoms with Gasteiger partial charge in [-0.3, -0.25) is 4.79 Å². The molecule has 3 aromatic rings. The van der Waals surface area contributed by atoms with Crippen LogP contribution in [0.4, 0.5) is 0 Å². The van der Waals surface area contributed by atoms with Crippen LogP contribution in [0.5, 0.6) is 5.75 Å². The van der Waals surface area contributed by atoms with E-state index in [9.17, 15) is 4.79 Å². The lowest BCUT2D eigenvalue weighted by Crippen LogP contribution is -2.41. The Labute approximate surface area is 159 Å². The van der Waals surface area contributed by atoms with E-state index in [1.165, 1.54) is 6.42 Å². The molecule has 1 saturated heterocycles. The summed E-state index contributed by atoms with van der Waals surface area (Å²) < 4.78 is 7.90. The van der Waals surface area contributed by atoms with E-state index >= 15 is 0 Å². The Balaban J connectivity index is 1.57. The maximum atomic E-state index is 12.9. The molecule has 140 valence electrons. The standard InChI is InChI=1S/C22H25N3O2/c1-17-8-7-13-24(14-17)22(26)15-25-20-12-6-5-11-19(20)23-21(25)16-27-18-9-3-2-4-10-18/h2-6,9-12,17H,7-8,13-16H2,1H3. The number of piperidine rings is 1. The van der Waals surface area contributed by atoms with Crippen LogP contribution < -0.4 is 4.74 Å². The number of hydrogen-bond donors (Lipinski definition) is 0. The molecule has 5 nitrogen and oxygen atoms in total. The number of amides is 1. The van der Waals surface area contributed by atoms with Crippen molar-refractivity contribution in [1.82, 2.24) is 14.5 Å². The zero-order valence-electron chi connectivity index (χ0n) is 15.7. The lowest BCUT2D eigenvalue weighted by Gasteiger charge is -2.31. The van der Waals surface area contributed by atoms with Gasteiger partial charge in [-0.15, -0.1) is 0 Å². The van der Waals surface area contributed by atoms with Crippen LogP contribution in [0.3, 0.4) is 0 Å². The molecule has 0 radical (unpaired) electrons. The highest BCUT2D eigenvalue weighted by molar-refractivity contribution is 5.81. The Bertz CT molecular complexity index is 920. The van der Waals surface area contributed by atoms with E-state index in [1.807, 2.05) is 64.1 Å². The second-order valence-electron chi connectivity index (χ2n) is 7.29. The van der Waals surface area contributed by atoms with E-state index in [2.05, 4.69) is 6.92 Å². The van der Waals surface area contributed by atoms with Crippen molar-refractivity contribution >= 4 is 16.9 Å². The van der Waals surface area contributed by atoms with Crippen molar-refractivity contribution in [3.8, 4) is 5.75 Å². The maximum Gasteiger partial charge on any atom is 0.242 e. The Morgan fingerprint density at radius 2 is 1.93 bits per heavy atom. The molecular formula is C22H25N3O2. The molecule has 1 aliphatic heterocycles. The van der Waals surface area contributed by atoms with E-state index in [1.54, 1.807) is 0 Å². The first-order chi connectivity index (χ1) is 13.2. The summed E-state index contributed by atoms with van der Waals surface area (Å²) >= 11 is 0. The van der Waals surface area contributed by atoms with Gasteiger partial charge in [0.1, 0.15) is 24.7 Å². The van der Waals surface area contributed by atoms with Crippen LogP contribution in [-0.2, 0) is 17.9 Å². The molecule has 27 heavy (non-hydrogen) atoms. The van der Waals surface area contributed by atoms with Gasteiger partial charge in [0.2, 0.25) is 5.91 Å². The van der Waals surface area contributed by atoms with Crippen molar-refractivity contribution in [3.63, 3.8) is 0 Å². The van der Waals surface area contributed by atoms with Crippen molar-refractivity contribution in [2.24, 2.45) is 5.92 Å². The van der Waals surface area contributed by atoms with Crippen LogP contribution in [0.1, 0.15) is 25.6 Å². The summed E-state index contributed by atoms with van der Waals surface area (Å²) in [6.07, 6.45) is 2.29. The fraction of sp³-hybridized carbons (Fsp3) is 0.364. The second-order valence-corrected chi connectivity index (χ2v) is 7.29. The van der Waals surface area contributed by atoms with E-state index in [0.29, 0.717) is 19.1 Å². The molecule has 1 fully saturated rings. The van der Waals surface area contributed by atoms with E-state index < -0.39 is 0 Å². The van der Waals surface area contributed by atoms with E-state index in [4.69, 9.17) is 9.72 Å². The van der Waals surface area contributed by atoms with Crippen LogP contribution in [0.25, 0.3) is 11.0 Å². The topological polar surface area (TPSA) is 47.4 Å². The van der Waals surface area contributed by atoms with Crippen LogP contribution in [0.2, 0.25) is 0 Å². The van der Waals surface area contributed by atoms with Crippen LogP contribution >= 0.6 is 0 Å². The van der Waals surface area contributed by atoms with E-state index in [-0.39, 0.29) is 5.91 Å². The minimum atomic E-state index is 0.158. The number of para-hydroxylation sites is 3. The fourth-order valence-corrected chi connectivity index (χ4v) is 3.73. The van der Waals surface area contributed by atoms with Gasteiger partial charge in [0.15, 0.2) is 0 Å². The van der Waals surface area contributed by atoms with Gasteiger partial charge in [-0.2, -0.15) is 0 Å². The number of benzene rings is 2. The van der Waals surface area contributed by atoms with Crippen LogP contribution in [0.15, 0.2) is 54.6 Å². The van der Waals surface area contributed by atoms with Crippen molar-refractivity contribution in [1.29, 1.82) is 0 Å². The van der Waals surface area contributed by atoms with Gasteiger partial charge in [-0.05, 0) is 43.0 Å². The Morgan fingerprint density at radius 1 is 1.15 bits per heavy atom. The molecule has 1 aromatic heterocycles. The molecule has 0 N–H and O–H groups in total. The van der Waals surface area contributed by atoms with Crippen LogP contribution in [0, 0.1) is 5.92 Å². The summed E-state index contributed by atoms with van der Waals surface area (Å²) in [6.45, 7) is 4.56. The molecule has 1 unspecified atom stereocenters. The summed E-state index contributed by atoms with van der Waals surface area (Å²) in [7, 11) is 0. The lowest BCUT2D eigenvalue weighted by atomic mass is 10.0. The maximum absolute atomic E-state index is 12.9. The largest absolute Gasteiger partial charge is 0.486 e. The quantitative estimate of drug-likeness (QED) is 0.691. The molecule has 0 aliphatic carbocycles. The minimum absolute atomic E-state index is 0.158. The molecule has 1 aliphatic rings. The number of hydrogen-bond acceptors (Lipinski definition) is 3. The number of carbonyl (C=O) groups excluding carboxylic acids is 1. The highest BCUT2D eigenvalue weighted by atomic mass is 16.5. The van der Waals surface area contributed by atoms with Gasteiger partial charge in [0, 0.05) is 13.1 Å². The Kier molecular flexibility index (Phi) is 5.10.